The predicted molar refractivity (Wildman–Crippen MR) is 90.5 cm³/mol. The highest BCUT2D eigenvalue weighted by molar-refractivity contribution is 5.90. The summed E-state index contributed by atoms with van der Waals surface area (Å²) >= 11 is 0. The van der Waals surface area contributed by atoms with E-state index in [4.69, 9.17) is 0 Å². The molecule has 7 heteroatoms. The molecule has 24 heavy (non-hydrogen) atoms. The fraction of sp³-hybridized carbons (Fsp3) is 0.235. The van der Waals surface area contributed by atoms with Gasteiger partial charge < -0.3 is 20.7 Å². The van der Waals surface area contributed by atoms with Gasteiger partial charge in [-0.2, -0.15) is 0 Å². The number of hydrogen-bond acceptors (Lipinski definition) is 5. The molecular formula is C17H18N4O3. The Labute approximate surface area is 139 Å². The van der Waals surface area contributed by atoms with Crippen molar-refractivity contribution in [2.75, 3.05) is 17.7 Å². The fourth-order valence-electron chi connectivity index (χ4n) is 2.08. The number of amides is 2. The summed E-state index contributed by atoms with van der Waals surface area (Å²) in [6.45, 7) is 0. The normalized spacial score (nSPS) is 13.0. The van der Waals surface area contributed by atoms with Gasteiger partial charge in [-0.05, 0) is 49.2 Å². The van der Waals surface area contributed by atoms with Crippen LogP contribution in [-0.2, 0) is 4.74 Å². The largest absolute Gasteiger partial charge is 0.465 e. The van der Waals surface area contributed by atoms with Crippen molar-refractivity contribution in [2.45, 2.75) is 18.9 Å². The maximum Gasteiger partial charge on any atom is 0.337 e. The van der Waals surface area contributed by atoms with E-state index < -0.39 is 0 Å². The highest BCUT2D eigenvalue weighted by Gasteiger charge is 2.23. The van der Waals surface area contributed by atoms with Gasteiger partial charge in [0.05, 0.1) is 24.6 Å². The number of nitrogens with one attached hydrogen (secondary N) is 3. The third-order valence-electron chi connectivity index (χ3n) is 3.51. The second-order valence-electron chi connectivity index (χ2n) is 5.50. The number of hydrogen-bond donors (Lipinski definition) is 3. The lowest BCUT2D eigenvalue weighted by Crippen LogP contribution is -2.30. The first-order valence-electron chi connectivity index (χ1n) is 7.63. The third-order valence-corrected chi connectivity index (χ3v) is 3.51. The number of carbonyl (C=O) groups excluding carboxylic acids is 2. The maximum absolute atomic E-state index is 11.6. The molecule has 2 amide bonds. The Morgan fingerprint density at radius 2 is 1.79 bits per heavy atom. The van der Waals surface area contributed by atoms with Gasteiger partial charge in [0.25, 0.3) is 0 Å². The number of anilines is 3. The van der Waals surface area contributed by atoms with Crippen LogP contribution in [0.4, 0.5) is 22.0 Å². The van der Waals surface area contributed by atoms with Crippen LogP contribution in [0.1, 0.15) is 23.2 Å². The topological polar surface area (TPSA) is 92.4 Å². The van der Waals surface area contributed by atoms with E-state index in [2.05, 4.69) is 25.7 Å². The first-order valence-corrected chi connectivity index (χ1v) is 7.63. The quantitative estimate of drug-likeness (QED) is 0.735. The van der Waals surface area contributed by atoms with Crippen LogP contribution in [0.2, 0.25) is 0 Å². The molecule has 1 aromatic heterocycles. The van der Waals surface area contributed by atoms with Gasteiger partial charge in [-0.25, -0.2) is 14.6 Å². The molecule has 0 bridgehead atoms. The molecule has 7 nitrogen and oxygen atoms in total. The molecule has 124 valence electrons. The number of benzene rings is 1. The second-order valence-corrected chi connectivity index (χ2v) is 5.50. The summed E-state index contributed by atoms with van der Waals surface area (Å²) in [6, 6.07) is 10.5. The van der Waals surface area contributed by atoms with Crippen LogP contribution in [0, 0.1) is 0 Å². The Kier molecular flexibility index (Phi) is 4.60. The van der Waals surface area contributed by atoms with Crippen LogP contribution in [0.25, 0.3) is 0 Å². The van der Waals surface area contributed by atoms with E-state index in [9.17, 15) is 9.59 Å². The van der Waals surface area contributed by atoms with E-state index in [0.717, 1.165) is 18.5 Å². The standard InChI is InChI=1S/C17H18N4O3/c1-24-16(22)11-2-4-12(5-3-11)19-15-9-8-14(10-18-15)21-17(23)20-13-6-7-13/h2-5,8-10,13H,6-7H2,1H3,(H,18,19)(H2,20,21,23). The lowest BCUT2D eigenvalue weighted by molar-refractivity contribution is 0.0600. The minimum atomic E-state index is -0.375. The molecule has 1 aromatic carbocycles. The Balaban J connectivity index is 1.57. The number of ether oxygens (including phenoxy) is 1. The van der Waals surface area contributed by atoms with Gasteiger partial charge in [0.1, 0.15) is 5.82 Å². The second kappa shape index (κ2) is 6.99. The van der Waals surface area contributed by atoms with Gasteiger partial charge in [0.15, 0.2) is 0 Å². The van der Waals surface area contributed by atoms with Crippen LogP contribution in [0.3, 0.4) is 0 Å². The van der Waals surface area contributed by atoms with E-state index >= 15 is 0 Å². The summed E-state index contributed by atoms with van der Waals surface area (Å²) < 4.78 is 4.66. The van der Waals surface area contributed by atoms with Crippen LogP contribution < -0.4 is 16.0 Å². The van der Waals surface area contributed by atoms with Crippen molar-refractivity contribution in [1.82, 2.24) is 10.3 Å². The van der Waals surface area contributed by atoms with Crippen molar-refractivity contribution < 1.29 is 14.3 Å². The molecule has 1 saturated carbocycles. The zero-order valence-corrected chi connectivity index (χ0v) is 13.2. The lowest BCUT2D eigenvalue weighted by atomic mass is 10.2. The summed E-state index contributed by atoms with van der Waals surface area (Å²) in [5.74, 6) is 0.258. The molecule has 0 unspecified atom stereocenters. The molecule has 1 fully saturated rings. The van der Waals surface area contributed by atoms with Crippen LogP contribution in [0.15, 0.2) is 42.6 Å². The van der Waals surface area contributed by atoms with Gasteiger partial charge >= 0.3 is 12.0 Å². The van der Waals surface area contributed by atoms with E-state index in [1.807, 2.05) is 0 Å². The van der Waals surface area contributed by atoms with Crippen molar-refractivity contribution in [2.24, 2.45) is 0 Å². The highest BCUT2D eigenvalue weighted by Crippen LogP contribution is 2.19. The molecule has 3 rings (SSSR count). The summed E-state index contributed by atoms with van der Waals surface area (Å²) in [5.41, 5.74) is 1.90. The first kappa shape index (κ1) is 15.8. The zero-order valence-electron chi connectivity index (χ0n) is 13.2. The SMILES string of the molecule is COC(=O)c1ccc(Nc2ccc(NC(=O)NC3CC3)cn2)cc1. The molecule has 1 aliphatic carbocycles. The Bertz CT molecular complexity index is 725. The number of pyridine rings is 1. The highest BCUT2D eigenvalue weighted by atomic mass is 16.5. The molecule has 3 N–H and O–H groups in total. The molecule has 0 atom stereocenters. The molecule has 2 aromatic rings. The Morgan fingerprint density at radius 1 is 1.08 bits per heavy atom. The number of carbonyl (C=O) groups is 2. The lowest BCUT2D eigenvalue weighted by Gasteiger charge is -2.09. The summed E-state index contributed by atoms with van der Waals surface area (Å²) in [4.78, 5) is 27.3. The van der Waals surface area contributed by atoms with Crippen LogP contribution in [0.5, 0.6) is 0 Å². The zero-order chi connectivity index (χ0) is 16.9. The Morgan fingerprint density at radius 3 is 2.38 bits per heavy atom. The number of aromatic nitrogens is 1. The Hall–Kier alpha value is -3.09. The molecule has 0 spiro atoms. The molecule has 1 aliphatic rings. The van der Waals surface area contributed by atoms with Crippen molar-refractivity contribution in [3.8, 4) is 0 Å². The summed E-state index contributed by atoms with van der Waals surface area (Å²) in [5, 5.41) is 8.70. The number of urea groups is 1. The minimum Gasteiger partial charge on any atom is -0.465 e. The van der Waals surface area contributed by atoms with Gasteiger partial charge in [-0.15, -0.1) is 0 Å². The molecule has 1 heterocycles. The monoisotopic (exact) mass is 326 g/mol. The molecular weight excluding hydrogens is 308 g/mol. The molecule has 0 radical (unpaired) electrons. The number of rotatable bonds is 5. The van der Waals surface area contributed by atoms with Gasteiger partial charge in [-0.1, -0.05) is 0 Å². The summed E-state index contributed by atoms with van der Waals surface area (Å²) in [7, 11) is 1.35. The smallest absolute Gasteiger partial charge is 0.337 e. The van der Waals surface area contributed by atoms with E-state index in [1.165, 1.54) is 7.11 Å². The average molecular weight is 326 g/mol. The number of nitrogens with zero attached hydrogens (tertiary/aromatic N) is 1. The van der Waals surface area contributed by atoms with Crippen LogP contribution >= 0.6 is 0 Å². The van der Waals surface area contributed by atoms with Gasteiger partial charge in [0.2, 0.25) is 0 Å². The maximum atomic E-state index is 11.6. The minimum absolute atomic E-state index is 0.210. The molecule has 0 saturated heterocycles. The summed E-state index contributed by atoms with van der Waals surface area (Å²) in [6.07, 6.45) is 3.67. The van der Waals surface area contributed by atoms with E-state index in [1.54, 1.807) is 42.6 Å². The van der Waals surface area contributed by atoms with Gasteiger partial charge in [-0.3, -0.25) is 0 Å². The third kappa shape index (κ3) is 4.22. The molecule has 0 aliphatic heterocycles. The average Bonchev–Trinajstić information content (AvgIpc) is 3.40. The fourth-order valence-corrected chi connectivity index (χ4v) is 2.08. The van der Waals surface area contributed by atoms with E-state index in [-0.39, 0.29) is 12.0 Å². The van der Waals surface area contributed by atoms with Crippen LogP contribution in [-0.4, -0.2) is 30.1 Å². The van der Waals surface area contributed by atoms with Crippen molar-refractivity contribution >= 4 is 29.2 Å². The number of esters is 1. The van der Waals surface area contributed by atoms with E-state index in [0.29, 0.717) is 23.1 Å². The van der Waals surface area contributed by atoms with Crippen molar-refractivity contribution in [3.05, 3.63) is 48.2 Å². The van der Waals surface area contributed by atoms with Crippen molar-refractivity contribution in [1.29, 1.82) is 0 Å². The van der Waals surface area contributed by atoms with Gasteiger partial charge in [0, 0.05) is 11.7 Å². The first-order chi connectivity index (χ1) is 11.6. The predicted octanol–water partition coefficient (Wildman–Crippen LogP) is 2.90. The number of methoxy groups -OCH3 is 1. The van der Waals surface area contributed by atoms with Crippen molar-refractivity contribution in [3.63, 3.8) is 0 Å².